The Balaban J connectivity index is 2.46. The second kappa shape index (κ2) is 3.57. The Bertz CT molecular complexity index is 380. The molecule has 1 aliphatic rings. The number of halogens is 1. The molecule has 1 atom stereocenters. The minimum atomic E-state index is 0.0173. The monoisotopic (exact) mass is 255 g/mol. The molecular formula is C9H10BrN3O. The van der Waals surface area contributed by atoms with E-state index in [4.69, 9.17) is 0 Å². The number of hydrogen-bond acceptors (Lipinski definition) is 3. The number of aromatic nitrogens is 1. The fourth-order valence-corrected chi connectivity index (χ4v) is 1.90. The Labute approximate surface area is 90.2 Å². The normalized spacial score (nSPS) is 20.4. The zero-order valence-electron chi connectivity index (χ0n) is 7.67. The van der Waals surface area contributed by atoms with E-state index >= 15 is 0 Å². The highest BCUT2D eigenvalue weighted by atomic mass is 79.9. The van der Waals surface area contributed by atoms with Gasteiger partial charge < -0.3 is 10.6 Å². The van der Waals surface area contributed by atoms with Crippen molar-refractivity contribution < 1.29 is 4.79 Å². The predicted molar refractivity (Wildman–Crippen MR) is 58.3 cm³/mol. The first-order valence-corrected chi connectivity index (χ1v) is 5.16. The van der Waals surface area contributed by atoms with E-state index in [1.54, 1.807) is 12.4 Å². The summed E-state index contributed by atoms with van der Waals surface area (Å²) in [4.78, 5) is 15.4. The molecule has 0 spiro atoms. The summed E-state index contributed by atoms with van der Waals surface area (Å²) in [7, 11) is 0. The van der Waals surface area contributed by atoms with Crippen LogP contribution in [0.25, 0.3) is 0 Å². The number of nitrogens with one attached hydrogen (secondary N) is 2. The number of carbonyl (C=O) groups excluding carboxylic acids is 1. The Hall–Kier alpha value is -1.10. The summed E-state index contributed by atoms with van der Waals surface area (Å²) in [5.41, 5.74) is 1.63. The third-order valence-electron chi connectivity index (χ3n) is 2.06. The van der Waals surface area contributed by atoms with E-state index in [0.29, 0.717) is 6.42 Å². The lowest BCUT2D eigenvalue weighted by Gasteiger charge is -2.12. The summed E-state index contributed by atoms with van der Waals surface area (Å²) >= 11 is 3.39. The maximum Gasteiger partial charge on any atom is 0.226 e. The first-order chi connectivity index (χ1) is 6.66. The number of carbonyl (C=O) groups is 1. The summed E-state index contributed by atoms with van der Waals surface area (Å²) in [5, 5.41) is 6.05. The van der Waals surface area contributed by atoms with Gasteiger partial charge in [-0.15, -0.1) is 0 Å². The molecule has 0 fully saturated rings. The molecule has 0 radical (unpaired) electrons. The van der Waals surface area contributed by atoms with Gasteiger partial charge in [0.05, 0.1) is 22.0 Å². The standard InChI is InChI=1S/C9H10BrN3O/c1-5-2-8(14)13-7-4-11-3-6(10)9(7)12-5/h3-5,12H,2H2,1H3,(H,13,14). The van der Waals surface area contributed by atoms with Crippen LogP contribution in [0, 0.1) is 0 Å². The van der Waals surface area contributed by atoms with Gasteiger partial charge in [-0.05, 0) is 22.9 Å². The summed E-state index contributed by atoms with van der Waals surface area (Å²) < 4.78 is 0.865. The van der Waals surface area contributed by atoms with Crippen LogP contribution in [0.5, 0.6) is 0 Å². The first kappa shape index (κ1) is 9.45. The molecule has 74 valence electrons. The van der Waals surface area contributed by atoms with Crippen LogP contribution in [0.15, 0.2) is 16.9 Å². The second-order valence-electron chi connectivity index (χ2n) is 3.34. The van der Waals surface area contributed by atoms with Crippen LogP contribution >= 0.6 is 15.9 Å². The largest absolute Gasteiger partial charge is 0.379 e. The van der Waals surface area contributed by atoms with E-state index in [9.17, 15) is 4.79 Å². The average molecular weight is 256 g/mol. The number of amides is 1. The predicted octanol–water partition coefficient (Wildman–Crippen LogP) is 1.99. The fourth-order valence-electron chi connectivity index (χ4n) is 1.45. The third kappa shape index (κ3) is 1.72. The number of nitrogens with zero attached hydrogens (tertiary/aromatic N) is 1. The summed E-state index contributed by atoms with van der Waals surface area (Å²) in [5.74, 6) is 0.0173. The Morgan fingerprint density at radius 2 is 2.36 bits per heavy atom. The molecule has 1 aliphatic heterocycles. The van der Waals surface area contributed by atoms with Crippen molar-refractivity contribution in [2.45, 2.75) is 19.4 Å². The second-order valence-corrected chi connectivity index (χ2v) is 4.20. The molecule has 1 aromatic rings. The van der Waals surface area contributed by atoms with Gasteiger partial charge in [-0.2, -0.15) is 0 Å². The number of pyridine rings is 1. The van der Waals surface area contributed by atoms with Crippen LogP contribution in [-0.2, 0) is 4.79 Å². The van der Waals surface area contributed by atoms with Gasteiger partial charge in [-0.1, -0.05) is 0 Å². The number of rotatable bonds is 0. The molecule has 5 heteroatoms. The average Bonchev–Trinajstić information content (AvgIpc) is 2.23. The molecule has 2 rings (SSSR count). The topological polar surface area (TPSA) is 54.0 Å². The molecule has 2 N–H and O–H groups in total. The van der Waals surface area contributed by atoms with Crippen molar-refractivity contribution in [2.24, 2.45) is 0 Å². The molecule has 0 saturated heterocycles. The molecular weight excluding hydrogens is 246 g/mol. The van der Waals surface area contributed by atoms with Crippen LogP contribution in [0.4, 0.5) is 11.4 Å². The van der Waals surface area contributed by atoms with Crippen molar-refractivity contribution in [2.75, 3.05) is 10.6 Å². The van der Waals surface area contributed by atoms with Crippen molar-refractivity contribution in [1.29, 1.82) is 0 Å². The highest BCUT2D eigenvalue weighted by Crippen LogP contribution is 2.32. The van der Waals surface area contributed by atoms with E-state index in [-0.39, 0.29) is 11.9 Å². The lowest BCUT2D eigenvalue weighted by molar-refractivity contribution is -0.116. The first-order valence-electron chi connectivity index (χ1n) is 4.36. The SMILES string of the molecule is CC1CC(=O)Nc2cncc(Br)c2N1. The van der Waals surface area contributed by atoms with Crippen molar-refractivity contribution >= 4 is 33.2 Å². The van der Waals surface area contributed by atoms with Crippen molar-refractivity contribution in [3.63, 3.8) is 0 Å². The Kier molecular flexibility index (Phi) is 2.41. The summed E-state index contributed by atoms with van der Waals surface area (Å²) in [6.45, 7) is 1.97. The molecule has 1 amide bonds. The molecule has 0 aliphatic carbocycles. The minimum Gasteiger partial charge on any atom is -0.379 e. The van der Waals surface area contributed by atoms with E-state index in [2.05, 4.69) is 31.5 Å². The lowest BCUT2D eigenvalue weighted by atomic mass is 10.2. The lowest BCUT2D eigenvalue weighted by Crippen LogP contribution is -2.18. The van der Waals surface area contributed by atoms with Gasteiger partial charge in [0.2, 0.25) is 5.91 Å². The van der Waals surface area contributed by atoms with Gasteiger partial charge in [0.1, 0.15) is 0 Å². The van der Waals surface area contributed by atoms with Gasteiger partial charge in [0.25, 0.3) is 0 Å². The molecule has 1 aromatic heterocycles. The Morgan fingerprint density at radius 3 is 3.14 bits per heavy atom. The summed E-state index contributed by atoms with van der Waals surface area (Å²) in [6, 6.07) is 0.134. The number of hydrogen-bond donors (Lipinski definition) is 2. The number of fused-ring (bicyclic) bond motifs is 1. The molecule has 0 bridgehead atoms. The third-order valence-corrected chi connectivity index (χ3v) is 2.66. The van der Waals surface area contributed by atoms with Gasteiger partial charge in [-0.3, -0.25) is 9.78 Å². The number of anilines is 2. The van der Waals surface area contributed by atoms with Gasteiger partial charge >= 0.3 is 0 Å². The van der Waals surface area contributed by atoms with Gasteiger partial charge in [0, 0.05) is 18.7 Å². The highest BCUT2D eigenvalue weighted by molar-refractivity contribution is 9.10. The van der Waals surface area contributed by atoms with Crippen LogP contribution in [0.1, 0.15) is 13.3 Å². The molecule has 0 saturated carbocycles. The molecule has 2 heterocycles. The van der Waals surface area contributed by atoms with Crippen LogP contribution < -0.4 is 10.6 Å². The zero-order chi connectivity index (χ0) is 10.1. The van der Waals surface area contributed by atoms with E-state index in [1.165, 1.54) is 0 Å². The van der Waals surface area contributed by atoms with E-state index in [1.807, 2.05) is 6.92 Å². The van der Waals surface area contributed by atoms with Crippen LogP contribution in [0.3, 0.4) is 0 Å². The van der Waals surface area contributed by atoms with E-state index < -0.39 is 0 Å². The smallest absolute Gasteiger partial charge is 0.226 e. The maximum atomic E-state index is 11.4. The highest BCUT2D eigenvalue weighted by Gasteiger charge is 2.18. The minimum absolute atomic E-state index is 0.0173. The quantitative estimate of drug-likeness (QED) is 0.746. The fraction of sp³-hybridized carbons (Fsp3) is 0.333. The van der Waals surface area contributed by atoms with Crippen molar-refractivity contribution in [3.05, 3.63) is 16.9 Å². The Morgan fingerprint density at radius 1 is 1.57 bits per heavy atom. The van der Waals surface area contributed by atoms with Crippen LogP contribution in [0.2, 0.25) is 0 Å². The van der Waals surface area contributed by atoms with Gasteiger partial charge in [-0.25, -0.2) is 0 Å². The molecule has 14 heavy (non-hydrogen) atoms. The van der Waals surface area contributed by atoms with E-state index in [0.717, 1.165) is 15.8 Å². The van der Waals surface area contributed by atoms with Gasteiger partial charge in [0.15, 0.2) is 0 Å². The molecule has 1 unspecified atom stereocenters. The summed E-state index contributed by atoms with van der Waals surface area (Å²) in [6.07, 6.45) is 3.82. The van der Waals surface area contributed by atoms with Crippen LogP contribution in [-0.4, -0.2) is 16.9 Å². The molecule has 4 nitrogen and oxygen atoms in total. The maximum absolute atomic E-state index is 11.4. The van der Waals surface area contributed by atoms with Crippen molar-refractivity contribution in [1.82, 2.24) is 4.98 Å². The van der Waals surface area contributed by atoms with Crippen molar-refractivity contribution in [3.8, 4) is 0 Å². The molecule has 0 aromatic carbocycles. The zero-order valence-corrected chi connectivity index (χ0v) is 9.26.